The number of β-lactam (4-membered cyclic amide) rings is 1. The first kappa shape index (κ1) is 40.6. The summed E-state index contributed by atoms with van der Waals surface area (Å²) < 4.78 is 1.84. The molecule has 1 aromatic carbocycles. The number of nitrogens with zero attached hydrogens (tertiary/aromatic N) is 5. The maximum absolute atomic E-state index is 13.9. The molecule has 2 amide bonds. The quantitative estimate of drug-likeness (QED) is 0.0427. The van der Waals surface area contributed by atoms with Gasteiger partial charge in [-0.2, -0.15) is 0 Å². The zero-order chi connectivity index (χ0) is 40.8. The number of likely N-dealkylation sites (tertiary alicyclic amines) is 1. The molecule has 2 fully saturated rings. The van der Waals surface area contributed by atoms with Crippen molar-refractivity contribution in [2.45, 2.75) is 56.8 Å². The number of nitrogen functional groups attached to an aromatic ring is 1. The Labute approximate surface area is 334 Å². The molecule has 2 aromatic heterocycles. The van der Waals surface area contributed by atoms with Crippen molar-refractivity contribution in [3.8, 4) is 11.5 Å². The number of amides is 2. The molecule has 0 bridgehead atoms. The van der Waals surface area contributed by atoms with E-state index in [4.69, 9.17) is 38.9 Å². The zero-order valence-corrected chi connectivity index (χ0v) is 32.3. The number of nitrogens with two attached hydrogens (primary N) is 1. The molecule has 3 aromatic rings. The summed E-state index contributed by atoms with van der Waals surface area (Å²) in [5, 5.41) is 56.3. The van der Waals surface area contributed by atoms with Crippen LogP contribution in [0.15, 0.2) is 33.5 Å². The van der Waals surface area contributed by atoms with Gasteiger partial charge in [-0.3, -0.25) is 24.1 Å². The number of pyridine rings is 1. The third-order valence-corrected chi connectivity index (χ3v) is 12.5. The molecule has 3 atom stereocenters. The minimum atomic E-state index is -2.01. The number of quaternary nitrogens is 1. The van der Waals surface area contributed by atoms with E-state index in [0.717, 1.165) is 29.1 Å². The van der Waals surface area contributed by atoms with Crippen LogP contribution in [-0.2, 0) is 41.9 Å². The van der Waals surface area contributed by atoms with Crippen molar-refractivity contribution >= 4 is 97.8 Å². The summed E-state index contributed by atoms with van der Waals surface area (Å²) in [4.78, 5) is 86.3. The number of anilines is 1. The smallest absolute Gasteiger partial charge is 0.348 e. The summed E-state index contributed by atoms with van der Waals surface area (Å²) in [6.45, 7) is 3.69. The van der Waals surface area contributed by atoms with E-state index >= 15 is 0 Å². The molecule has 0 radical (unpaired) electrons. The number of carboxylic acids is 3. The van der Waals surface area contributed by atoms with Gasteiger partial charge in [0.05, 0.1) is 52.7 Å². The van der Waals surface area contributed by atoms with E-state index in [1.807, 2.05) is 6.92 Å². The lowest BCUT2D eigenvalue weighted by atomic mass is 10.0. The molecule has 0 saturated carbocycles. The number of carbonyl (C=O) groups excluding carboxylic acids is 3. The van der Waals surface area contributed by atoms with Crippen molar-refractivity contribution in [3.63, 3.8) is 0 Å². The van der Waals surface area contributed by atoms with Gasteiger partial charge in [-0.15, -0.1) is 11.8 Å². The lowest BCUT2D eigenvalue weighted by Crippen LogP contribution is -2.72. The number of halogens is 2. The Morgan fingerprint density at radius 3 is 2.46 bits per heavy atom. The SMILES string of the molecule is CCn1cc(C[N+]2(CC3=C(C(=O)[O-])N4C(=O)[C@@H](NC(=O)/C(=N\O[C@@H](CC(=O)O)C(=O)O)c5nc(N)sc5Cl)[C@H]4SC3)CCCC2)c(=O)c2c(Cl)c(O)c(O)cc21. The van der Waals surface area contributed by atoms with Gasteiger partial charge in [-0.1, -0.05) is 39.7 Å². The van der Waals surface area contributed by atoms with Crippen LogP contribution in [0.25, 0.3) is 10.9 Å². The molecule has 56 heavy (non-hydrogen) atoms. The van der Waals surface area contributed by atoms with E-state index in [9.17, 15) is 49.2 Å². The highest BCUT2D eigenvalue weighted by molar-refractivity contribution is 8.00. The average molecular weight is 855 g/mol. The number of fused-ring (bicyclic) bond motifs is 2. The van der Waals surface area contributed by atoms with Gasteiger partial charge in [0.15, 0.2) is 27.8 Å². The second-order valence-electron chi connectivity index (χ2n) is 13.3. The number of aromatic nitrogens is 2. The maximum Gasteiger partial charge on any atom is 0.348 e. The number of benzene rings is 1. The van der Waals surface area contributed by atoms with Crippen LogP contribution in [0, 0.1) is 0 Å². The van der Waals surface area contributed by atoms with Crippen molar-refractivity contribution in [2.75, 3.05) is 31.1 Å². The number of carbonyl (C=O) groups is 5. The number of hydrogen-bond acceptors (Lipinski definition) is 15. The molecule has 7 N–H and O–H groups in total. The first-order chi connectivity index (χ1) is 26.5. The fourth-order valence-corrected chi connectivity index (χ4v) is 9.70. The van der Waals surface area contributed by atoms with Gasteiger partial charge in [-0.25, -0.2) is 9.78 Å². The zero-order valence-electron chi connectivity index (χ0n) is 29.2. The van der Waals surface area contributed by atoms with Gasteiger partial charge in [0.2, 0.25) is 6.10 Å². The highest BCUT2D eigenvalue weighted by atomic mass is 35.5. The average Bonchev–Trinajstić information content (AvgIpc) is 3.74. The predicted octanol–water partition coefficient (Wildman–Crippen LogP) is 0.641. The first-order valence-electron chi connectivity index (χ1n) is 16.9. The second-order valence-corrected chi connectivity index (χ2v) is 16.4. The Morgan fingerprint density at radius 1 is 1.18 bits per heavy atom. The fraction of sp³-hybridized carbons (Fsp3) is 0.394. The molecule has 2 saturated heterocycles. The summed E-state index contributed by atoms with van der Waals surface area (Å²) >= 11 is 14.5. The van der Waals surface area contributed by atoms with Crippen molar-refractivity contribution in [1.82, 2.24) is 19.8 Å². The number of aromatic hydroxyl groups is 2. The Balaban J connectivity index is 1.27. The van der Waals surface area contributed by atoms with Crippen molar-refractivity contribution in [2.24, 2.45) is 5.16 Å². The summed E-state index contributed by atoms with van der Waals surface area (Å²) in [5.74, 6) is -7.78. The number of thiazole rings is 1. The molecule has 6 rings (SSSR count). The van der Waals surface area contributed by atoms with E-state index in [0.29, 0.717) is 36.3 Å². The van der Waals surface area contributed by atoms with Crippen LogP contribution >= 0.6 is 46.3 Å². The van der Waals surface area contributed by atoms with Gasteiger partial charge in [0.25, 0.3) is 11.8 Å². The third-order valence-electron chi connectivity index (χ3n) is 9.70. The van der Waals surface area contributed by atoms with Crippen LogP contribution in [0.5, 0.6) is 11.5 Å². The molecule has 0 spiro atoms. The van der Waals surface area contributed by atoms with Crippen molar-refractivity contribution in [3.05, 3.63) is 54.4 Å². The Bertz CT molecular complexity index is 2310. The lowest BCUT2D eigenvalue weighted by molar-refractivity contribution is -0.925. The van der Waals surface area contributed by atoms with Crippen LogP contribution in [0.2, 0.25) is 9.36 Å². The standard InChI is InChI=1S/C33H33Cl2N7O12S2/c1-2-40-9-13(25(46)19-15(40)7-16(43)26(47)20(19)34)10-42(5-3-4-6-42)11-14-12-55-30-23(29(49)41(30)24(14)32(52)53)37-28(48)22(21-27(35)56-33(36)38-21)39-54-17(31(50)51)8-18(44)45/h7,9,17,23,30H,2-6,8,10-12H2,1H3,(H7-,36,37,38,39,43,44,45,46,47,48,50,51,52,53)/t17-,23+,30+/m0/s1. The van der Waals surface area contributed by atoms with Crippen LogP contribution in [0.3, 0.4) is 0 Å². The second kappa shape index (κ2) is 15.8. The van der Waals surface area contributed by atoms with E-state index < -0.39 is 76.3 Å². The lowest BCUT2D eigenvalue weighted by Gasteiger charge is -2.51. The largest absolute Gasteiger partial charge is 0.543 e. The van der Waals surface area contributed by atoms with E-state index in [2.05, 4.69) is 15.5 Å². The van der Waals surface area contributed by atoms with Crippen LogP contribution in [-0.4, -0.2) is 118 Å². The number of hydrogen-bond donors (Lipinski definition) is 6. The van der Waals surface area contributed by atoms with Crippen molar-refractivity contribution < 1.29 is 58.8 Å². The number of oxime groups is 1. The number of phenols is 2. The molecule has 5 heterocycles. The predicted molar refractivity (Wildman–Crippen MR) is 200 cm³/mol. The van der Waals surface area contributed by atoms with Crippen molar-refractivity contribution in [1.29, 1.82) is 0 Å². The fourth-order valence-electron chi connectivity index (χ4n) is 7.15. The molecular formula is C33H33Cl2N7O12S2. The van der Waals surface area contributed by atoms with Gasteiger partial charge < -0.3 is 55.3 Å². The first-order valence-corrected chi connectivity index (χ1v) is 19.5. The number of carboxylic acid groups (broad SMARTS) is 3. The molecular weight excluding hydrogens is 821 g/mol. The highest BCUT2D eigenvalue weighted by Crippen LogP contribution is 2.42. The van der Waals surface area contributed by atoms with E-state index in [1.54, 1.807) is 10.8 Å². The molecule has 19 nitrogen and oxygen atoms in total. The van der Waals surface area contributed by atoms with Gasteiger partial charge in [0, 0.05) is 43.0 Å². The molecule has 0 aliphatic carbocycles. The summed E-state index contributed by atoms with van der Waals surface area (Å²) in [6.07, 6.45) is 0.185. The number of nitrogens with one attached hydrogen (secondary N) is 1. The maximum atomic E-state index is 13.9. The van der Waals surface area contributed by atoms with E-state index in [-0.39, 0.29) is 54.6 Å². The van der Waals surface area contributed by atoms with Gasteiger partial charge in [-0.05, 0) is 6.92 Å². The summed E-state index contributed by atoms with van der Waals surface area (Å²) in [6, 6.07) is -0.0428. The minimum absolute atomic E-state index is 0.0332. The van der Waals surface area contributed by atoms with Crippen LogP contribution in [0.4, 0.5) is 5.13 Å². The third kappa shape index (κ3) is 7.55. The summed E-state index contributed by atoms with van der Waals surface area (Å²) in [7, 11) is 0. The number of thioether (sulfide) groups is 1. The summed E-state index contributed by atoms with van der Waals surface area (Å²) in [5.41, 5.74) is 4.91. The minimum Gasteiger partial charge on any atom is -0.543 e. The number of aliphatic carboxylic acids is 3. The topological polar surface area (TPSA) is 287 Å². The monoisotopic (exact) mass is 853 g/mol. The number of phenolic OH excluding ortho intramolecular Hbond substituents is 2. The molecule has 23 heteroatoms. The Kier molecular flexibility index (Phi) is 11.5. The number of rotatable bonds is 14. The number of aryl methyl sites for hydroxylation is 1. The van der Waals surface area contributed by atoms with Crippen LogP contribution in [0.1, 0.15) is 37.4 Å². The molecule has 3 aliphatic rings. The van der Waals surface area contributed by atoms with Gasteiger partial charge >= 0.3 is 11.9 Å². The Morgan fingerprint density at radius 2 is 1.88 bits per heavy atom. The highest BCUT2D eigenvalue weighted by Gasteiger charge is 2.54. The van der Waals surface area contributed by atoms with E-state index in [1.165, 1.54) is 17.8 Å². The molecule has 298 valence electrons. The normalized spacial score (nSPS) is 19.7. The van der Waals surface area contributed by atoms with Crippen LogP contribution < -0.4 is 21.6 Å². The molecule has 0 unspecified atom stereocenters. The van der Waals surface area contributed by atoms with Gasteiger partial charge in [0.1, 0.15) is 34.5 Å². The molecule has 3 aliphatic heterocycles. The Hall–Kier alpha value is -5.09.